The molecule has 0 N–H and O–H groups in total. The van der Waals surface area contributed by atoms with E-state index in [-0.39, 0.29) is 5.97 Å². The Hall–Kier alpha value is -0.570. The standard InChI is InChI=1S/C25H47NO2/c1-6-7-8-9-10-11-12-18-28-23(27)20-26(5)17-13-14-22-19-21-15-16-25(22,4)24(21,2)3/h21-22H,6-20H2,1-5H3. The number of likely N-dealkylation sites (N-methyl/N-ethyl adjacent to an activating group) is 1. The van der Waals surface area contributed by atoms with Gasteiger partial charge in [-0.3, -0.25) is 9.69 Å². The third kappa shape index (κ3) is 5.97. The van der Waals surface area contributed by atoms with Crippen molar-refractivity contribution in [3.8, 4) is 0 Å². The lowest BCUT2D eigenvalue weighted by molar-refractivity contribution is -0.144. The van der Waals surface area contributed by atoms with Crippen LogP contribution in [0.15, 0.2) is 0 Å². The molecule has 2 fully saturated rings. The molecule has 0 spiro atoms. The van der Waals surface area contributed by atoms with Crippen LogP contribution >= 0.6 is 0 Å². The van der Waals surface area contributed by atoms with Crippen molar-refractivity contribution < 1.29 is 9.53 Å². The Morgan fingerprint density at radius 1 is 1.04 bits per heavy atom. The minimum Gasteiger partial charge on any atom is -0.465 e. The highest BCUT2D eigenvalue weighted by Crippen LogP contribution is 2.68. The van der Waals surface area contributed by atoms with Crippen molar-refractivity contribution in [3.63, 3.8) is 0 Å². The molecule has 3 heteroatoms. The molecule has 0 aromatic heterocycles. The molecule has 28 heavy (non-hydrogen) atoms. The molecular weight excluding hydrogens is 346 g/mol. The average Bonchev–Trinajstić information content (AvgIpc) is 2.97. The number of ether oxygens (including phenoxy) is 1. The average molecular weight is 394 g/mol. The maximum Gasteiger partial charge on any atom is 0.320 e. The van der Waals surface area contributed by atoms with Crippen LogP contribution in [0.25, 0.3) is 0 Å². The lowest BCUT2D eigenvalue weighted by atomic mass is 9.66. The second kappa shape index (κ2) is 11.0. The van der Waals surface area contributed by atoms with E-state index in [4.69, 9.17) is 4.74 Å². The monoisotopic (exact) mass is 393 g/mol. The zero-order valence-electron chi connectivity index (χ0n) is 19.5. The van der Waals surface area contributed by atoms with Gasteiger partial charge in [-0.1, -0.05) is 66.2 Å². The molecule has 0 heterocycles. The van der Waals surface area contributed by atoms with Crippen LogP contribution in [0.1, 0.15) is 105 Å². The molecule has 3 unspecified atom stereocenters. The number of carbonyl (C=O) groups is 1. The van der Waals surface area contributed by atoms with Gasteiger partial charge in [0.2, 0.25) is 0 Å². The van der Waals surface area contributed by atoms with Gasteiger partial charge in [-0.15, -0.1) is 0 Å². The predicted molar refractivity (Wildman–Crippen MR) is 118 cm³/mol. The van der Waals surface area contributed by atoms with Gasteiger partial charge in [0.25, 0.3) is 0 Å². The van der Waals surface area contributed by atoms with E-state index in [0.29, 0.717) is 24.0 Å². The van der Waals surface area contributed by atoms with Crippen molar-refractivity contribution in [3.05, 3.63) is 0 Å². The summed E-state index contributed by atoms with van der Waals surface area (Å²) in [7, 11) is 2.06. The molecule has 0 aliphatic heterocycles. The minimum atomic E-state index is -0.0542. The van der Waals surface area contributed by atoms with Gasteiger partial charge in [0, 0.05) is 0 Å². The molecule has 2 bridgehead atoms. The summed E-state index contributed by atoms with van der Waals surface area (Å²) in [5.41, 5.74) is 1.05. The molecule has 0 aromatic rings. The predicted octanol–water partition coefficient (Wildman–Crippen LogP) is 6.45. The highest BCUT2D eigenvalue weighted by Gasteiger charge is 2.60. The molecule has 3 atom stereocenters. The van der Waals surface area contributed by atoms with Crippen molar-refractivity contribution in [2.24, 2.45) is 22.7 Å². The van der Waals surface area contributed by atoms with Gasteiger partial charge in [0.1, 0.15) is 0 Å². The first-order valence-electron chi connectivity index (χ1n) is 12.2. The fraction of sp³-hybridized carbons (Fsp3) is 0.960. The van der Waals surface area contributed by atoms with Crippen LogP contribution in [0.4, 0.5) is 0 Å². The van der Waals surface area contributed by atoms with Crippen molar-refractivity contribution in [2.45, 2.75) is 105 Å². The number of carbonyl (C=O) groups excluding carboxylic acids is 1. The second-order valence-corrected chi connectivity index (χ2v) is 10.5. The fourth-order valence-electron chi connectivity index (χ4n) is 6.00. The summed E-state index contributed by atoms with van der Waals surface area (Å²) in [6.45, 7) is 11.8. The molecule has 2 aliphatic rings. The molecule has 0 amide bonds. The van der Waals surface area contributed by atoms with Crippen LogP contribution in [0, 0.1) is 22.7 Å². The number of esters is 1. The topological polar surface area (TPSA) is 29.5 Å². The van der Waals surface area contributed by atoms with Crippen molar-refractivity contribution in [1.82, 2.24) is 4.90 Å². The van der Waals surface area contributed by atoms with Crippen molar-refractivity contribution in [1.29, 1.82) is 0 Å². The largest absolute Gasteiger partial charge is 0.465 e. The van der Waals surface area contributed by atoms with Gasteiger partial charge in [0.15, 0.2) is 0 Å². The van der Waals surface area contributed by atoms with E-state index in [0.717, 1.165) is 24.8 Å². The third-order valence-corrected chi connectivity index (χ3v) is 8.48. The van der Waals surface area contributed by atoms with E-state index in [9.17, 15) is 4.79 Å². The molecular formula is C25H47NO2. The zero-order valence-corrected chi connectivity index (χ0v) is 19.5. The second-order valence-electron chi connectivity index (χ2n) is 10.5. The van der Waals surface area contributed by atoms with Gasteiger partial charge < -0.3 is 4.74 Å². The van der Waals surface area contributed by atoms with Crippen molar-refractivity contribution >= 4 is 5.97 Å². The number of hydrogen-bond acceptors (Lipinski definition) is 3. The summed E-state index contributed by atoms with van der Waals surface area (Å²) >= 11 is 0. The smallest absolute Gasteiger partial charge is 0.320 e. The molecule has 0 radical (unpaired) electrons. The van der Waals surface area contributed by atoms with Crippen molar-refractivity contribution in [2.75, 3.05) is 26.7 Å². The highest BCUT2D eigenvalue weighted by molar-refractivity contribution is 5.71. The summed E-state index contributed by atoms with van der Waals surface area (Å²) in [6, 6.07) is 0. The van der Waals surface area contributed by atoms with Crippen LogP contribution in [-0.2, 0) is 9.53 Å². The molecule has 0 saturated heterocycles. The Balaban J connectivity index is 1.51. The molecule has 3 nitrogen and oxygen atoms in total. The zero-order chi connectivity index (χ0) is 20.6. The number of rotatable bonds is 14. The summed E-state index contributed by atoms with van der Waals surface area (Å²) in [4.78, 5) is 14.2. The van der Waals surface area contributed by atoms with Crippen LogP contribution in [0.3, 0.4) is 0 Å². The Bertz CT molecular complexity index is 475. The fourth-order valence-corrected chi connectivity index (χ4v) is 6.00. The van der Waals surface area contributed by atoms with Gasteiger partial charge in [-0.05, 0) is 74.8 Å². The van der Waals surface area contributed by atoms with Crippen LogP contribution in [0.5, 0.6) is 0 Å². The number of nitrogens with zero attached hydrogens (tertiary/aromatic N) is 1. The van der Waals surface area contributed by atoms with Gasteiger partial charge in [0.05, 0.1) is 13.2 Å². The minimum absolute atomic E-state index is 0.0542. The van der Waals surface area contributed by atoms with Gasteiger partial charge >= 0.3 is 5.97 Å². The lowest BCUT2D eigenvalue weighted by Gasteiger charge is -2.39. The number of hydrogen-bond donors (Lipinski definition) is 0. The first-order valence-corrected chi connectivity index (χ1v) is 12.2. The van der Waals surface area contributed by atoms with Crippen LogP contribution in [-0.4, -0.2) is 37.6 Å². The van der Waals surface area contributed by atoms with E-state index >= 15 is 0 Å². The lowest BCUT2D eigenvalue weighted by Crippen LogP contribution is -2.33. The maximum atomic E-state index is 12.0. The summed E-state index contributed by atoms with van der Waals surface area (Å²) in [5, 5.41) is 0. The molecule has 0 aromatic carbocycles. The maximum absolute atomic E-state index is 12.0. The van der Waals surface area contributed by atoms with E-state index in [2.05, 4.69) is 39.6 Å². The summed E-state index contributed by atoms with van der Waals surface area (Å²) < 4.78 is 5.42. The van der Waals surface area contributed by atoms with Gasteiger partial charge in [-0.2, -0.15) is 0 Å². The van der Waals surface area contributed by atoms with E-state index in [1.54, 1.807) is 0 Å². The first kappa shape index (κ1) is 23.7. The molecule has 2 saturated carbocycles. The van der Waals surface area contributed by atoms with Gasteiger partial charge in [-0.25, -0.2) is 0 Å². The molecule has 2 rings (SSSR count). The Kier molecular flexibility index (Phi) is 9.31. The summed E-state index contributed by atoms with van der Waals surface area (Å²) in [5.74, 6) is 1.75. The Morgan fingerprint density at radius 2 is 1.71 bits per heavy atom. The quantitative estimate of drug-likeness (QED) is 0.251. The van der Waals surface area contributed by atoms with E-state index < -0.39 is 0 Å². The third-order valence-electron chi connectivity index (χ3n) is 8.48. The number of unbranched alkanes of at least 4 members (excludes halogenated alkanes) is 6. The number of fused-ring (bicyclic) bond motifs is 2. The molecule has 2 aliphatic carbocycles. The normalized spacial score (nSPS) is 28.2. The summed E-state index contributed by atoms with van der Waals surface area (Å²) in [6.07, 6.45) is 15.6. The first-order chi connectivity index (χ1) is 13.3. The Morgan fingerprint density at radius 3 is 2.32 bits per heavy atom. The molecule has 164 valence electrons. The highest BCUT2D eigenvalue weighted by atomic mass is 16.5. The van der Waals surface area contributed by atoms with E-state index in [1.807, 2.05) is 0 Å². The van der Waals surface area contributed by atoms with E-state index in [1.165, 1.54) is 70.6 Å². The SMILES string of the molecule is CCCCCCCCCOC(=O)CN(C)CCCC1CC2CCC1(C)C2(C)C. The van der Waals surface area contributed by atoms with Crippen LogP contribution < -0.4 is 0 Å². The Labute approximate surface area is 175 Å². The van der Waals surface area contributed by atoms with Crippen LogP contribution in [0.2, 0.25) is 0 Å².